The third kappa shape index (κ3) is 2.13. The zero-order chi connectivity index (χ0) is 12.1. The molecule has 1 aliphatic carbocycles. The fourth-order valence-electron chi connectivity index (χ4n) is 2.13. The molecule has 2 rings (SSSR count). The molecule has 2 unspecified atom stereocenters. The Kier molecular flexibility index (Phi) is 3.06. The maximum absolute atomic E-state index is 13.8. The van der Waals surface area contributed by atoms with Gasteiger partial charge in [0.05, 0.1) is 5.02 Å². The lowest BCUT2D eigenvalue weighted by Crippen LogP contribution is -2.17. The lowest BCUT2D eigenvalue weighted by atomic mass is 9.97. The van der Waals surface area contributed by atoms with Crippen LogP contribution < -0.4 is 5.73 Å². The molecule has 1 fully saturated rings. The summed E-state index contributed by atoms with van der Waals surface area (Å²) in [6.07, 6.45) is 1.04. The van der Waals surface area contributed by atoms with Gasteiger partial charge in [0.1, 0.15) is 5.82 Å². The van der Waals surface area contributed by atoms with Gasteiger partial charge in [0.2, 0.25) is 0 Å². The minimum Gasteiger partial charge on any atom is -0.324 e. The smallest absolute Gasteiger partial charge is 0.129 e. The molecule has 0 aliphatic heterocycles. The Bertz CT molecular complexity index is 433. The Morgan fingerprint density at radius 3 is 2.62 bits per heavy atom. The second-order valence-corrected chi connectivity index (χ2v) is 6.37. The zero-order valence-electron chi connectivity index (χ0n) is 9.23. The topological polar surface area (TPSA) is 26.0 Å². The minimum atomic E-state index is -0.286. The fourth-order valence-corrected chi connectivity index (χ4v) is 2.62. The highest BCUT2D eigenvalue weighted by Gasteiger charge is 2.49. The molecule has 1 aliphatic rings. The molecule has 2 N–H and O–H groups in total. The summed E-state index contributed by atoms with van der Waals surface area (Å²) in [6, 6.07) is 2.74. The van der Waals surface area contributed by atoms with Crippen LogP contribution in [-0.2, 0) is 0 Å². The summed E-state index contributed by atoms with van der Waals surface area (Å²) in [4.78, 5) is 0. The van der Waals surface area contributed by atoms with Crippen molar-refractivity contribution in [2.24, 2.45) is 17.1 Å². The average Bonchev–Trinajstić information content (AvgIpc) is 2.80. The molecular weight excluding hydrogens is 292 g/mol. The van der Waals surface area contributed by atoms with Crippen LogP contribution in [0.15, 0.2) is 16.6 Å². The van der Waals surface area contributed by atoms with Crippen LogP contribution >= 0.6 is 27.5 Å². The lowest BCUT2D eigenvalue weighted by molar-refractivity contribution is 0.473. The van der Waals surface area contributed by atoms with E-state index in [1.165, 1.54) is 6.07 Å². The van der Waals surface area contributed by atoms with Gasteiger partial charge in [-0.2, -0.15) is 0 Å². The van der Waals surface area contributed by atoms with Crippen LogP contribution in [0.1, 0.15) is 31.9 Å². The normalized spacial score (nSPS) is 24.2. The Balaban J connectivity index is 2.31. The molecule has 0 saturated heterocycles. The first kappa shape index (κ1) is 12.3. The van der Waals surface area contributed by atoms with E-state index in [9.17, 15) is 4.39 Å². The molecule has 4 heteroatoms. The van der Waals surface area contributed by atoms with Crippen LogP contribution in [0, 0.1) is 17.2 Å². The molecule has 0 bridgehead atoms. The zero-order valence-corrected chi connectivity index (χ0v) is 11.6. The van der Waals surface area contributed by atoms with E-state index in [0.29, 0.717) is 21.0 Å². The van der Waals surface area contributed by atoms with Gasteiger partial charge in [-0.25, -0.2) is 4.39 Å². The Labute approximate surface area is 108 Å². The molecular formula is C12H14BrClFN. The van der Waals surface area contributed by atoms with E-state index in [1.54, 1.807) is 6.07 Å². The highest BCUT2D eigenvalue weighted by molar-refractivity contribution is 9.10. The van der Waals surface area contributed by atoms with Gasteiger partial charge >= 0.3 is 0 Å². The first-order chi connectivity index (χ1) is 7.33. The first-order valence-corrected chi connectivity index (χ1v) is 6.40. The van der Waals surface area contributed by atoms with Gasteiger partial charge in [-0.3, -0.25) is 0 Å². The van der Waals surface area contributed by atoms with E-state index < -0.39 is 0 Å². The summed E-state index contributed by atoms with van der Waals surface area (Å²) in [7, 11) is 0. The second-order valence-electron chi connectivity index (χ2n) is 5.11. The third-order valence-electron chi connectivity index (χ3n) is 3.42. The molecule has 0 radical (unpaired) electrons. The van der Waals surface area contributed by atoms with Crippen molar-refractivity contribution in [3.63, 3.8) is 0 Å². The van der Waals surface area contributed by atoms with E-state index in [4.69, 9.17) is 17.3 Å². The number of benzene rings is 1. The maximum Gasteiger partial charge on any atom is 0.129 e. The van der Waals surface area contributed by atoms with Gasteiger partial charge in [-0.05, 0) is 45.8 Å². The molecule has 0 heterocycles. The largest absolute Gasteiger partial charge is 0.324 e. The van der Waals surface area contributed by atoms with Crippen molar-refractivity contribution in [2.75, 3.05) is 0 Å². The number of rotatable bonds is 2. The van der Waals surface area contributed by atoms with Crippen molar-refractivity contribution in [3.05, 3.63) is 33.0 Å². The van der Waals surface area contributed by atoms with Crippen LogP contribution in [0.25, 0.3) is 0 Å². The van der Waals surface area contributed by atoms with Crippen LogP contribution in [0.2, 0.25) is 5.02 Å². The van der Waals surface area contributed by atoms with Gasteiger partial charge < -0.3 is 5.73 Å². The minimum absolute atomic E-state index is 0.228. The number of hydrogen-bond acceptors (Lipinski definition) is 1. The van der Waals surface area contributed by atoms with Gasteiger partial charge in [-0.1, -0.05) is 25.4 Å². The molecule has 0 amide bonds. The average molecular weight is 307 g/mol. The summed E-state index contributed by atoms with van der Waals surface area (Å²) < 4.78 is 14.3. The van der Waals surface area contributed by atoms with E-state index >= 15 is 0 Å². The van der Waals surface area contributed by atoms with E-state index in [2.05, 4.69) is 29.8 Å². The lowest BCUT2D eigenvalue weighted by Gasteiger charge is -2.15. The third-order valence-corrected chi connectivity index (χ3v) is 4.62. The van der Waals surface area contributed by atoms with Crippen LogP contribution in [0.3, 0.4) is 0 Å². The van der Waals surface area contributed by atoms with Crippen molar-refractivity contribution >= 4 is 27.5 Å². The maximum atomic E-state index is 13.8. The predicted octanol–water partition coefficient (Wildman–Crippen LogP) is 4.29. The van der Waals surface area contributed by atoms with Gasteiger partial charge in [0, 0.05) is 16.1 Å². The molecule has 0 spiro atoms. The molecule has 1 aromatic rings. The van der Waals surface area contributed by atoms with Crippen molar-refractivity contribution in [3.8, 4) is 0 Å². The van der Waals surface area contributed by atoms with Gasteiger partial charge in [0.15, 0.2) is 0 Å². The van der Waals surface area contributed by atoms with Crippen molar-refractivity contribution in [2.45, 2.75) is 26.3 Å². The molecule has 1 nitrogen and oxygen atoms in total. The van der Waals surface area contributed by atoms with E-state index in [1.807, 2.05) is 0 Å². The van der Waals surface area contributed by atoms with Gasteiger partial charge in [-0.15, -0.1) is 0 Å². The summed E-state index contributed by atoms with van der Waals surface area (Å²) in [5, 5.41) is 0.505. The molecule has 88 valence electrons. The Morgan fingerprint density at radius 1 is 1.56 bits per heavy atom. The Morgan fingerprint density at radius 2 is 2.12 bits per heavy atom. The van der Waals surface area contributed by atoms with Gasteiger partial charge in [0.25, 0.3) is 0 Å². The monoisotopic (exact) mass is 305 g/mol. The highest BCUT2D eigenvalue weighted by atomic mass is 79.9. The summed E-state index contributed by atoms with van der Waals surface area (Å²) in [6.45, 7) is 4.30. The number of nitrogens with two attached hydrogens (primary N) is 1. The fraction of sp³-hybridized carbons (Fsp3) is 0.500. The second kappa shape index (κ2) is 3.97. The SMILES string of the molecule is CC1(C)CC1C(N)c1cc(Cl)c(Br)cc1F. The van der Waals surface area contributed by atoms with Crippen LogP contribution in [0.4, 0.5) is 4.39 Å². The summed E-state index contributed by atoms with van der Waals surface area (Å²) >= 11 is 9.15. The molecule has 1 saturated carbocycles. The molecule has 16 heavy (non-hydrogen) atoms. The summed E-state index contributed by atoms with van der Waals surface area (Å²) in [5.74, 6) is 0.0608. The quantitative estimate of drug-likeness (QED) is 0.811. The van der Waals surface area contributed by atoms with Crippen LogP contribution in [-0.4, -0.2) is 0 Å². The van der Waals surface area contributed by atoms with Crippen molar-refractivity contribution < 1.29 is 4.39 Å². The molecule has 1 aromatic carbocycles. The van der Waals surface area contributed by atoms with Crippen molar-refractivity contribution in [1.29, 1.82) is 0 Å². The number of hydrogen-bond donors (Lipinski definition) is 1. The van der Waals surface area contributed by atoms with Crippen LogP contribution in [0.5, 0.6) is 0 Å². The van der Waals surface area contributed by atoms with E-state index in [-0.39, 0.29) is 17.3 Å². The number of halogens is 3. The molecule has 2 atom stereocenters. The standard InChI is InChI=1S/C12H14BrClFN/c1-12(2)5-7(12)11(16)6-3-9(14)8(13)4-10(6)15/h3-4,7,11H,5,16H2,1-2H3. The van der Waals surface area contributed by atoms with Crippen molar-refractivity contribution in [1.82, 2.24) is 0 Å². The van der Waals surface area contributed by atoms with E-state index in [0.717, 1.165) is 6.42 Å². The molecule has 0 aromatic heterocycles. The highest BCUT2D eigenvalue weighted by Crippen LogP contribution is 2.57. The first-order valence-electron chi connectivity index (χ1n) is 5.23. The predicted molar refractivity (Wildman–Crippen MR) is 67.9 cm³/mol. The Hall–Kier alpha value is -0.120. The summed E-state index contributed by atoms with van der Waals surface area (Å²) in [5.41, 5.74) is 6.83.